The van der Waals surface area contributed by atoms with Crippen LogP contribution >= 0.6 is 0 Å². The molecular formula is C25H54O7. The first kappa shape index (κ1) is 43.9. The van der Waals surface area contributed by atoms with Gasteiger partial charge in [-0.25, -0.2) is 0 Å². The third-order valence-corrected chi connectivity index (χ3v) is 6.32. The van der Waals surface area contributed by atoms with Gasteiger partial charge in [0.15, 0.2) is 0 Å². The van der Waals surface area contributed by atoms with Crippen molar-refractivity contribution < 1.29 is 33.4 Å². The average Bonchev–Trinajstić information content (AvgIpc) is 2.82. The van der Waals surface area contributed by atoms with Gasteiger partial charge in [-0.05, 0) is 39.0 Å². The number of rotatable bonds is 7. The van der Waals surface area contributed by atoms with Crippen LogP contribution in [-0.2, 0) is 33.4 Å². The lowest BCUT2D eigenvalue weighted by atomic mass is 9.56. The maximum absolute atomic E-state index is 12.8. The first-order valence-corrected chi connectivity index (χ1v) is 8.71. The van der Waals surface area contributed by atoms with Gasteiger partial charge in [-0.1, -0.05) is 65.3 Å². The normalized spacial score (nSPS) is 21.0. The summed E-state index contributed by atoms with van der Waals surface area (Å²) in [6.45, 7) is 10.5. The highest BCUT2D eigenvalue weighted by molar-refractivity contribution is 5.97. The van der Waals surface area contributed by atoms with E-state index in [0.717, 1.165) is 0 Å². The van der Waals surface area contributed by atoms with Crippen LogP contribution in [0.4, 0.5) is 0 Å². The van der Waals surface area contributed by atoms with Crippen LogP contribution in [0.3, 0.4) is 0 Å². The Morgan fingerprint density at radius 1 is 0.938 bits per heavy atom. The van der Waals surface area contributed by atoms with E-state index < -0.39 is 46.0 Å². The van der Waals surface area contributed by atoms with Crippen LogP contribution in [0.25, 0.3) is 0 Å². The molecule has 0 saturated carbocycles. The molecule has 0 bridgehead atoms. The smallest absolute Gasteiger partial charge is 0.320 e. The van der Waals surface area contributed by atoms with Gasteiger partial charge in [0, 0.05) is 0 Å². The summed E-state index contributed by atoms with van der Waals surface area (Å²) in [7, 11) is 2.57. The van der Waals surface area contributed by atoms with Crippen LogP contribution in [0.15, 0.2) is 0 Å². The van der Waals surface area contributed by atoms with E-state index in [9.17, 15) is 19.2 Å². The summed E-state index contributed by atoms with van der Waals surface area (Å²) >= 11 is 0. The minimum absolute atomic E-state index is 0. The molecule has 0 aromatic heterocycles. The molecule has 1 aliphatic rings. The second-order valence-electron chi connectivity index (χ2n) is 8.24. The number of hydrogen-bond acceptors (Lipinski definition) is 7. The fourth-order valence-electron chi connectivity index (χ4n) is 4.03. The molecule has 1 heterocycles. The first-order chi connectivity index (χ1) is 11.8. The number of esters is 4. The number of carbonyl (C=O) groups excluding carboxylic acids is 4. The van der Waals surface area contributed by atoms with Crippen molar-refractivity contribution in [2.45, 2.75) is 98.9 Å². The Bertz CT molecular complexity index is 613. The lowest BCUT2D eigenvalue weighted by molar-refractivity contribution is -0.174. The Labute approximate surface area is 199 Å². The summed E-state index contributed by atoms with van der Waals surface area (Å²) in [4.78, 5) is 49.1. The highest BCUT2D eigenvalue weighted by Crippen LogP contribution is 2.53. The monoisotopic (exact) mass is 466 g/mol. The van der Waals surface area contributed by atoms with Crippen LogP contribution in [-0.4, -0.2) is 38.1 Å². The molecule has 1 aliphatic heterocycles. The second-order valence-corrected chi connectivity index (χ2v) is 8.24. The van der Waals surface area contributed by atoms with Crippen molar-refractivity contribution in [1.82, 2.24) is 0 Å². The molecule has 0 aromatic rings. The van der Waals surface area contributed by atoms with Crippen molar-refractivity contribution in [3.63, 3.8) is 0 Å². The van der Waals surface area contributed by atoms with Crippen molar-refractivity contribution in [3.05, 3.63) is 0 Å². The van der Waals surface area contributed by atoms with Gasteiger partial charge in [-0.3, -0.25) is 19.2 Å². The Hall–Kier alpha value is -1.92. The molecular weight excluding hydrogens is 412 g/mol. The molecule has 0 N–H and O–H groups in total. The molecule has 7 nitrogen and oxygen atoms in total. The van der Waals surface area contributed by atoms with E-state index in [4.69, 9.17) is 14.2 Å². The Morgan fingerprint density at radius 2 is 1.34 bits per heavy atom. The van der Waals surface area contributed by atoms with E-state index in [-0.39, 0.29) is 63.3 Å². The zero-order valence-corrected chi connectivity index (χ0v) is 16.9. The molecule has 0 amide bonds. The Balaban J connectivity index is -0.000000282. The molecule has 0 aliphatic carbocycles. The fraction of sp³-hybridized carbons (Fsp3) is 0.840. The molecule has 0 radical (unpaired) electrons. The summed E-state index contributed by atoms with van der Waals surface area (Å²) in [6.07, 6.45) is -0.0839. The molecule has 196 valence electrons. The van der Waals surface area contributed by atoms with Gasteiger partial charge in [0.2, 0.25) is 0 Å². The lowest BCUT2D eigenvalue weighted by Gasteiger charge is -2.46. The average molecular weight is 467 g/mol. The van der Waals surface area contributed by atoms with Crippen molar-refractivity contribution in [2.75, 3.05) is 14.2 Å². The molecule has 4 unspecified atom stereocenters. The number of ether oxygens (including phenoxy) is 3. The number of methoxy groups -OCH3 is 2. The topological polar surface area (TPSA) is 96.0 Å². The first-order valence-electron chi connectivity index (χ1n) is 8.71. The van der Waals surface area contributed by atoms with Crippen molar-refractivity contribution >= 4 is 23.9 Å². The van der Waals surface area contributed by atoms with Gasteiger partial charge in [-0.15, -0.1) is 0 Å². The minimum atomic E-state index is -1.21. The van der Waals surface area contributed by atoms with Crippen LogP contribution in [0.2, 0.25) is 0 Å². The van der Waals surface area contributed by atoms with Crippen LogP contribution in [0.1, 0.15) is 98.9 Å². The molecule has 0 aromatic carbocycles. The largest absolute Gasteiger partial charge is 0.469 e. The standard InChI is InChI=1S/C19H30O7.6CH4/c1-11(2)19(6,16(23)25-8)12(3)18(5,15(22)24-7)10-17(4)9-13(20)26-14(17)21;;;;;;/h11-12H,9-10H2,1-8H3;6*1H4. The lowest BCUT2D eigenvalue weighted by Crippen LogP contribution is -2.52. The minimum Gasteiger partial charge on any atom is -0.469 e. The molecule has 1 saturated heterocycles. The van der Waals surface area contributed by atoms with Crippen LogP contribution in [0, 0.1) is 28.1 Å². The van der Waals surface area contributed by atoms with Crippen LogP contribution in [0.5, 0.6) is 0 Å². The summed E-state index contributed by atoms with van der Waals surface area (Å²) in [5, 5.41) is 0. The highest BCUT2D eigenvalue weighted by Gasteiger charge is 2.59. The van der Waals surface area contributed by atoms with E-state index in [1.54, 1.807) is 27.7 Å². The van der Waals surface area contributed by atoms with Gasteiger partial charge in [0.1, 0.15) is 0 Å². The number of cyclic esters (lactones) is 2. The highest BCUT2D eigenvalue weighted by atomic mass is 16.6. The molecule has 4 atom stereocenters. The zero-order valence-electron chi connectivity index (χ0n) is 16.9. The van der Waals surface area contributed by atoms with E-state index >= 15 is 0 Å². The Kier molecular flexibility index (Phi) is 20.6. The number of carbonyl (C=O) groups is 4. The summed E-state index contributed by atoms with van der Waals surface area (Å²) in [5.74, 6) is -2.93. The third kappa shape index (κ3) is 7.31. The summed E-state index contributed by atoms with van der Waals surface area (Å²) in [5.41, 5.74) is -3.36. The predicted octanol–water partition coefficient (Wildman–Crippen LogP) is 6.32. The van der Waals surface area contributed by atoms with E-state index in [1.807, 2.05) is 13.8 Å². The van der Waals surface area contributed by atoms with Gasteiger partial charge in [-0.2, -0.15) is 0 Å². The Morgan fingerprint density at radius 3 is 1.62 bits per heavy atom. The molecule has 32 heavy (non-hydrogen) atoms. The van der Waals surface area contributed by atoms with E-state index in [2.05, 4.69) is 0 Å². The van der Waals surface area contributed by atoms with E-state index in [0.29, 0.717) is 0 Å². The van der Waals surface area contributed by atoms with Gasteiger partial charge < -0.3 is 14.2 Å². The van der Waals surface area contributed by atoms with E-state index in [1.165, 1.54) is 14.2 Å². The van der Waals surface area contributed by atoms with Crippen molar-refractivity contribution in [2.24, 2.45) is 28.1 Å². The van der Waals surface area contributed by atoms with Crippen molar-refractivity contribution in [3.8, 4) is 0 Å². The maximum atomic E-state index is 12.8. The molecule has 7 heteroatoms. The predicted molar refractivity (Wildman–Crippen MR) is 133 cm³/mol. The van der Waals surface area contributed by atoms with Gasteiger partial charge in [0.25, 0.3) is 0 Å². The molecule has 0 spiro atoms. The summed E-state index contributed by atoms with van der Waals surface area (Å²) in [6, 6.07) is 0. The second kappa shape index (κ2) is 15.0. The fourth-order valence-corrected chi connectivity index (χ4v) is 4.03. The van der Waals surface area contributed by atoms with Gasteiger partial charge in [0.05, 0.1) is 36.9 Å². The summed E-state index contributed by atoms with van der Waals surface area (Å²) < 4.78 is 14.7. The zero-order chi connectivity index (χ0) is 20.5. The van der Waals surface area contributed by atoms with Crippen LogP contribution < -0.4 is 0 Å². The molecule has 1 rings (SSSR count). The SMILES string of the molecule is C.C.C.C.C.C.COC(=O)C(C)(CC1(C)CC(=O)OC1=O)C(C)C(C)(C(=O)OC)C(C)C. The molecule has 1 fully saturated rings. The third-order valence-electron chi connectivity index (χ3n) is 6.32. The van der Waals surface area contributed by atoms with Gasteiger partial charge >= 0.3 is 23.9 Å². The maximum Gasteiger partial charge on any atom is 0.320 e. The quantitative estimate of drug-likeness (QED) is 0.246. The number of hydrogen-bond donors (Lipinski definition) is 0. The van der Waals surface area contributed by atoms with Crippen molar-refractivity contribution in [1.29, 1.82) is 0 Å².